The number of amides is 1. The van der Waals surface area contributed by atoms with Crippen LogP contribution in [-0.4, -0.2) is 35.1 Å². The fraction of sp³-hybridized carbons (Fsp3) is 0.462. The first-order valence-corrected chi connectivity index (χ1v) is 5.88. The predicted molar refractivity (Wildman–Crippen MR) is 71.5 cm³/mol. The third-order valence-electron chi connectivity index (χ3n) is 1.89. The Morgan fingerprint density at radius 2 is 2.26 bits per heavy atom. The number of hydrogen-bond acceptors (Lipinski definition) is 5. The normalized spacial score (nSPS) is 11.6. The second kappa shape index (κ2) is 6.84. The fourth-order valence-corrected chi connectivity index (χ4v) is 1.17. The van der Waals surface area contributed by atoms with Gasteiger partial charge in [0.15, 0.2) is 0 Å². The number of hydroxylamine groups is 2. The summed E-state index contributed by atoms with van der Waals surface area (Å²) in [6, 6.07) is 3.65. The molecule has 0 bridgehead atoms. The van der Waals surface area contributed by atoms with Gasteiger partial charge in [-0.1, -0.05) is 6.07 Å². The first-order valence-electron chi connectivity index (χ1n) is 5.88. The molecule has 0 aliphatic heterocycles. The average Bonchev–Trinajstić information content (AvgIpc) is 2.33. The van der Waals surface area contributed by atoms with Crippen LogP contribution in [0.2, 0.25) is 0 Å². The van der Waals surface area contributed by atoms with Crippen molar-refractivity contribution >= 4 is 12.4 Å². The number of nitrogens with zero attached hydrogens (tertiary/aromatic N) is 3. The molecule has 0 radical (unpaired) electrons. The topological polar surface area (TPSA) is 64.0 Å². The largest absolute Gasteiger partial charge is 0.442 e. The van der Waals surface area contributed by atoms with E-state index in [1.807, 2.05) is 6.07 Å². The quantitative estimate of drug-likeness (QED) is 0.476. The summed E-state index contributed by atoms with van der Waals surface area (Å²) in [5.41, 5.74) is 0.259. The molecule has 0 atom stereocenters. The van der Waals surface area contributed by atoms with Crippen LogP contribution in [0.3, 0.4) is 0 Å². The number of rotatable bonds is 4. The van der Waals surface area contributed by atoms with E-state index in [1.165, 1.54) is 6.34 Å². The maximum Gasteiger partial charge on any atom is 0.440 e. The molecule has 0 fully saturated rings. The Morgan fingerprint density at radius 3 is 2.79 bits per heavy atom. The van der Waals surface area contributed by atoms with Gasteiger partial charge in [0.1, 0.15) is 18.5 Å². The lowest BCUT2D eigenvalue weighted by Crippen LogP contribution is -2.36. The molecule has 1 aromatic rings. The molecule has 0 aromatic carbocycles. The van der Waals surface area contributed by atoms with E-state index in [4.69, 9.17) is 9.57 Å². The van der Waals surface area contributed by atoms with Crippen molar-refractivity contribution in [1.82, 2.24) is 10.0 Å². The highest BCUT2D eigenvalue weighted by atomic mass is 16.7. The summed E-state index contributed by atoms with van der Waals surface area (Å²) in [4.78, 5) is 24.9. The summed E-state index contributed by atoms with van der Waals surface area (Å²) < 4.78 is 5.20. The highest BCUT2D eigenvalue weighted by Crippen LogP contribution is 2.10. The molecule has 19 heavy (non-hydrogen) atoms. The number of aromatic nitrogens is 1. The Labute approximate surface area is 113 Å². The molecule has 0 spiro atoms. The van der Waals surface area contributed by atoms with Crippen molar-refractivity contribution in [3.05, 3.63) is 30.1 Å². The number of aliphatic imine (C=N–C) groups is 1. The molecule has 1 heterocycles. The van der Waals surface area contributed by atoms with Crippen LogP contribution in [0, 0.1) is 0 Å². The third kappa shape index (κ3) is 5.96. The number of hydrogen-bond donors (Lipinski definition) is 0. The van der Waals surface area contributed by atoms with E-state index in [0.29, 0.717) is 0 Å². The Bertz CT molecular complexity index is 427. The van der Waals surface area contributed by atoms with Crippen molar-refractivity contribution in [3.63, 3.8) is 0 Å². The van der Waals surface area contributed by atoms with Crippen LogP contribution < -0.4 is 0 Å². The van der Waals surface area contributed by atoms with E-state index >= 15 is 0 Å². The van der Waals surface area contributed by atoms with E-state index < -0.39 is 11.7 Å². The van der Waals surface area contributed by atoms with Gasteiger partial charge in [0.25, 0.3) is 0 Å². The molecule has 6 heteroatoms. The Balaban J connectivity index is 2.60. The lowest BCUT2D eigenvalue weighted by molar-refractivity contribution is -0.105. The fourth-order valence-electron chi connectivity index (χ4n) is 1.17. The van der Waals surface area contributed by atoms with Crippen LogP contribution in [0.15, 0.2) is 29.5 Å². The molecule has 0 aliphatic rings. The molecule has 1 rings (SSSR count). The van der Waals surface area contributed by atoms with Crippen molar-refractivity contribution in [1.29, 1.82) is 0 Å². The molecule has 1 amide bonds. The minimum absolute atomic E-state index is 0.207. The molecule has 0 unspecified atom stereocenters. The van der Waals surface area contributed by atoms with Crippen LogP contribution in [0.25, 0.3) is 0 Å². The van der Waals surface area contributed by atoms with Gasteiger partial charge in [-0.05, 0) is 32.4 Å². The lowest BCUT2D eigenvalue weighted by Gasteiger charge is -2.23. The van der Waals surface area contributed by atoms with Gasteiger partial charge in [0, 0.05) is 19.4 Å². The van der Waals surface area contributed by atoms with Crippen molar-refractivity contribution < 1.29 is 14.4 Å². The standard InChI is InChI=1S/C13H19N3O3/c1-13(2,3)19-12(17)16(10-14-4)18-9-11-6-5-7-15-8-11/h5-8,10H,9H2,1-4H3. The first kappa shape index (κ1) is 15.1. The number of pyridine rings is 1. The zero-order valence-corrected chi connectivity index (χ0v) is 11.7. The van der Waals surface area contributed by atoms with E-state index in [2.05, 4.69) is 9.98 Å². The molecule has 1 aromatic heterocycles. The molecule has 0 saturated heterocycles. The van der Waals surface area contributed by atoms with Crippen LogP contribution >= 0.6 is 0 Å². The van der Waals surface area contributed by atoms with Crippen molar-refractivity contribution in [2.45, 2.75) is 33.0 Å². The van der Waals surface area contributed by atoms with E-state index in [9.17, 15) is 4.79 Å². The van der Waals surface area contributed by atoms with Gasteiger partial charge in [0.2, 0.25) is 0 Å². The monoisotopic (exact) mass is 265 g/mol. The summed E-state index contributed by atoms with van der Waals surface area (Å²) >= 11 is 0. The van der Waals surface area contributed by atoms with Gasteiger partial charge in [-0.15, -0.1) is 5.06 Å². The predicted octanol–water partition coefficient (Wildman–Crippen LogP) is 2.41. The first-order chi connectivity index (χ1) is 8.92. The smallest absolute Gasteiger partial charge is 0.440 e. The Hall–Kier alpha value is -1.95. The summed E-state index contributed by atoms with van der Waals surface area (Å²) in [6.07, 6.45) is 3.99. The van der Waals surface area contributed by atoms with Crippen molar-refractivity contribution in [2.75, 3.05) is 7.05 Å². The van der Waals surface area contributed by atoms with Crippen LogP contribution in [0.5, 0.6) is 0 Å². The molecule has 0 saturated carbocycles. The van der Waals surface area contributed by atoms with Crippen molar-refractivity contribution in [2.24, 2.45) is 4.99 Å². The van der Waals surface area contributed by atoms with Gasteiger partial charge in [-0.2, -0.15) is 0 Å². The summed E-state index contributed by atoms with van der Waals surface area (Å²) in [7, 11) is 1.55. The zero-order chi connectivity index (χ0) is 14.3. The molecule has 104 valence electrons. The second-order valence-corrected chi connectivity index (χ2v) is 4.81. The van der Waals surface area contributed by atoms with Crippen LogP contribution in [-0.2, 0) is 16.2 Å². The molecule has 0 N–H and O–H groups in total. The minimum Gasteiger partial charge on any atom is -0.442 e. The van der Waals surface area contributed by atoms with Gasteiger partial charge in [-0.25, -0.2) is 4.79 Å². The molecular formula is C13H19N3O3. The SMILES string of the molecule is CN=CN(OCc1cccnc1)C(=O)OC(C)(C)C. The van der Waals surface area contributed by atoms with E-state index in [1.54, 1.807) is 46.3 Å². The zero-order valence-electron chi connectivity index (χ0n) is 11.7. The van der Waals surface area contributed by atoms with Gasteiger partial charge >= 0.3 is 6.09 Å². The number of carbonyl (C=O) groups is 1. The molecular weight excluding hydrogens is 246 g/mol. The minimum atomic E-state index is -0.609. The third-order valence-corrected chi connectivity index (χ3v) is 1.89. The average molecular weight is 265 g/mol. The molecule has 0 aliphatic carbocycles. The van der Waals surface area contributed by atoms with Gasteiger partial charge in [-0.3, -0.25) is 14.8 Å². The number of carbonyl (C=O) groups excluding carboxylic acids is 1. The summed E-state index contributed by atoms with van der Waals surface area (Å²) in [5.74, 6) is 0. The maximum absolute atomic E-state index is 11.8. The number of ether oxygens (including phenoxy) is 1. The van der Waals surface area contributed by atoms with Gasteiger partial charge in [0.05, 0.1) is 0 Å². The Morgan fingerprint density at radius 1 is 1.53 bits per heavy atom. The van der Waals surface area contributed by atoms with Crippen LogP contribution in [0.4, 0.5) is 4.79 Å². The highest BCUT2D eigenvalue weighted by Gasteiger charge is 2.22. The summed E-state index contributed by atoms with van der Waals surface area (Å²) in [6.45, 7) is 5.56. The van der Waals surface area contributed by atoms with Crippen molar-refractivity contribution in [3.8, 4) is 0 Å². The second-order valence-electron chi connectivity index (χ2n) is 4.81. The lowest BCUT2D eigenvalue weighted by atomic mass is 10.2. The maximum atomic E-state index is 11.8. The Kier molecular flexibility index (Phi) is 5.44. The van der Waals surface area contributed by atoms with Gasteiger partial charge < -0.3 is 4.74 Å². The van der Waals surface area contributed by atoms with Crippen LogP contribution in [0.1, 0.15) is 26.3 Å². The van der Waals surface area contributed by atoms with E-state index in [0.717, 1.165) is 10.6 Å². The van der Waals surface area contributed by atoms with E-state index in [-0.39, 0.29) is 6.61 Å². The highest BCUT2D eigenvalue weighted by molar-refractivity contribution is 5.80. The summed E-state index contributed by atoms with van der Waals surface area (Å²) in [5, 5.41) is 0.970. The molecule has 6 nitrogen and oxygen atoms in total.